The van der Waals surface area contributed by atoms with Gasteiger partial charge in [0.1, 0.15) is 4.88 Å². The van der Waals surface area contributed by atoms with Crippen LogP contribution in [0.25, 0.3) is 0 Å². The Morgan fingerprint density at radius 3 is 2.95 bits per heavy atom. The van der Waals surface area contributed by atoms with Crippen LogP contribution in [0.4, 0.5) is 0 Å². The first kappa shape index (κ1) is 14.4. The molecule has 0 spiro atoms. The number of hydrogen-bond donors (Lipinski definition) is 0. The van der Waals surface area contributed by atoms with Crippen LogP contribution in [0.2, 0.25) is 0 Å². The highest BCUT2D eigenvalue weighted by Gasteiger charge is 2.19. The van der Waals surface area contributed by atoms with E-state index in [1.54, 1.807) is 0 Å². The fourth-order valence-electron chi connectivity index (χ4n) is 2.92. The molecule has 1 aliphatic carbocycles. The van der Waals surface area contributed by atoms with E-state index in [1.165, 1.54) is 43.6 Å². The van der Waals surface area contributed by atoms with Gasteiger partial charge in [0.05, 0.1) is 23.9 Å². The molecule has 0 N–H and O–H groups in total. The van der Waals surface area contributed by atoms with E-state index in [4.69, 9.17) is 0 Å². The van der Waals surface area contributed by atoms with Crippen LogP contribution in [-0.4, -0.2) is 25.2 Å². The molecule has 6 heteroatoms. The molecule has 0 aliphatic heterocycles. The van der Waals surface area contributed by atoms with Crippen LogP contribution in [0.15, 0.2) is 12.3 Å². The number of carbonyl (C=O) groups excluding carboxylic acids is 1. The second-order valence-electron chi connectivity index (χ2n) is 5.58. The van der Waals surface area contributed by atoms with E-state index in [1.807, 2.05) is 23.9 Å². The van der Waals surface area contributed by atoms with E-state index < -0.39 is 0 Å². The summed E-state index contributed by atoms with van der Waals surface area (Å²) in [4.78, 5) is 13.0. The van der Waals surface area contributed by atoms with Gasteiger partial charge in [-0.25, -0.2) is 0 Å². The lowest BCUT2D eigenvalue weighted by molar-refractivity contribution is 0.0994. The Hall–Kier alpha value is -1.56. The van der Waals surface area contributed by atoms with E-state index in [-0.39, 0.29) is 5.78 Å². The summed E-state index contributed by atoms with van der Waals surface area (Å²) in [7, 11) is 0. The number of aryl methyl sites for hydroxylation is 1. The third-order valence-corrected chi connectivity index (χ3v) is 4.91. The van der Waals surface area contributed by atoms with Crippen molar-refractivity contribution in [1.82, 2.24) is 19.4 Å². The zero-order valence-corrected chi connectivity index (χ0v) is 13.1. The molecular weight excluding hydrogens is 284 g/mol. The van der Waals surface area contributed by atoms with Gasteiger partial charge in [0, 0.05) is 6.20 Å². The number of carbonyl (C=O) groups is 1. The molecule has 21 heavy (non-hydrogen) atoms. The fraction of sp³-hybridized carbons (Fsp3) is 0.600. The summed E-state index contributed by atoms with van der Waals surface area (Å²) in [6.45, 7) is 1.99. The third kappa shape index (κ3) is 3.20. The zero-order chi connectivity index (χ0) is 14.7. The van der Waals surface area contributed by atoms with Gasteiger partial charge >= 0.3 is 0 Å². The highest BCUT2D eigenvalue weighted by atomic mass is 32.1. The molecular formula is C15H20N4OS. The summed E-state index contributed by atoms with van der Waals surface area (Å²) in [6, 6.07) is 2.48. The summed E-state index contributed by atoms with van der Waals surface area (Å²) in [5.41, 5.74) is 1.65. The quantitative estimate of drug-likeness (QED) is 0.796. The van der Waals surface area contributed by atoms with Crippen molar-refractivity contribution in [2.24, 2.45) is 0 Å². The lowest BCUT2D eigenvalue weighted by atomic mass is 9.96. The van der Waals surface area contributed by atoms with Gasteiger partial charge in [0.25, 0.3) is 0 Å². The lowest BCUT2D eigenvalue weighted by Gasteiger charge is -2.21. The summed E-state index contributed by atoms with van der Waals surface area (Å²) in [5, 5.41) is 8.60. The molecule has 0 amide bonds. The first-order valence-electron chi connectivity index (χ1n) is 7.66. The number of ketones is 1. The average Bonchev–Trinajstić information content (AvgIpc) is 3.16. The molecule has 0 saturated heterocycles. The molecule has 112 valence electrons. The summed E-state index contributed by atoms with van der Waals surface area (Å²) < 4.78 is 5.93. The van der Waals surface area contributed by atoms with Gasteiger partial charge < -0.3 is 0 Å². The number of aromatic nitrogens is 4. The lowest BCUT2D eigenvalue weighted by Crippen LogP contribution is -2.14. The maximum atomic E-state index is 12.3. The molecule has 0 bridgehead atoms. The van der Waals surface area contributed by atoms with Crippen molar-refractivity contribution in [1.29, 1.82) is 0 Å². The van der Waals surface area contributed by atoms with Gasteiger partial charge in [-0.2, -0.15) is 5.10 Å². The third-order valence-electron chi connectivity index (χ3n) is 4.10. The van der Waals surface area contributed by atoms with Gasteiger partial charge in [0.15, 0.2) is 5.78 Å². The normalized spacial score (nSPS) is 16.2. The standard InChI is InChI=1S/C15H20N4OS/c1-2-13-15(21-18-16-13)14(20)10-11-8-9-19(17-11)12-6-4-3-5-7-12/h8-9,12H,2-7,10H2,1H3. The van der Waals surface area contributed by atoms with Crippen LogP contribution in [0.1, 0.15) is 66.1 Å². The molecule has 1 aliphatic rings. The van der Waals surface area contributed by atoms with Crippen molar-refractivity contribution in [3.8, 4) is 0 Å². The Bertz CT molecular complexity index is 613. The molecule has 0 unspecified atom stereocenters. The molecule has 0 aromatic carbocycles. The highest BCUT2D eigenvalue weighted by Crippen LogP contribution is 2.27. The molecule has 2 heterocycles. The van der Waals surface area contributed by atoms with E-state index in [2.05, 4.69) is 14.7 Å². The maximum Gasteiger partial charge on any atom is 0.182 e. The summed E-state index contributed by atoms with van der Waals surface area (Å²) in [6.07, 6.45) is 9.41. The molecule has 2 aromatic heterocycles. The number of Topliss-reactive ketones (excluding diaryl/α,β-unsaturated/α-hetero) is 1. The summed E-state index contributed by atoms with van der Waals surface area (Å²) in [5.74, 6) is 0.0794. The van der Waals surface area contributed by atoms with Crippen molar-refractivity contribution in [2.45, 2.75) is 57.9 Å². The SMILES string of the molecule is CCc1nnsc1C(=O)Cc1ccn(C2CCCCC2)n1. The monoisotopic (exact) mass is 304 g/mol. The second kappa shape index (κ2) is 6.47. The van der Waals surface area contributed by atoms with Crippen molar-refractivity contribution in [3.05, 3.63) is 28.5 Å². The molecule has 1 saturated carbocycles. The minimum atomic E-state index is 0.0794. The van der Waals surface area contributed by atoms with E-state index in [0.29, 0.717) is 17.3 Å². The molecule has 0 atom stereocenters. The van der Waals surface area contributed by atoms with E-state index >= 15 is 0 Å². The van der Waals surface area contributed by atoms with Crippen LogP contribution in [-0.2, 0) is 12.8 Å². The smallest absolute Gasteiger partial charge is 0.182 e. The second-order valence-corrected chi connectivity index (χ2v) is 6.34. The number of hydrogen-bond acceptors (Lipinski definition) is 5. The van der Waals surface area contributed by atoms with Crippen molar-refractivity contribution in [3.63, 3.8) is 0 Å². The molecule has 3 rings (SSSR count). The Balaban J connectivity index is 1.68. The van der Waals surface area contributed by atoms with Crippen molar-refractivity contribution in [2.75, 3.05) is 0 Å². The van der Waals surface area contributed by atoms with Gasteiger partial charge in [-0.1, -0.05) is 30.7 Å². The van der Waals surface area contributed by atoms with Crippen LogP contribution >= 0.6 is 11.5 Å². The zero-order valence-electron chi connectivity index (χ0n) is 12.3. The first-order chi connectivity index (χ1) is 10.3. The molecule has 2 aromatic rings. The minimum absolute atomic E-state index is 0.0794. The van der Waals surface area contributed by atoms with Crippen LogP contribution < -0.4 is 0 Å². The molecule has 5 nitrogen and oxygen atoms in total. The predicted molar refractivity (Wildman–Crippen MR) is 81.7 cm³/mol. The fourth-order valence-corrected chi connectivity index (χ4v) is 3.60. The number of nitrogens with zero attached hydrogens (tertiary/aromatic N) is 4. The Kier molecular flexibility index (Phi) is 4.43. The Morgan fingerprint density at radius 2 is 2.19 bits per heavy atom. The van der Waals surface area contributed by atoms with Crippen LogP contribution in [0.3, 0.4) is 0 Å². The summed E-state index contributed by atoms with van der Waals surface area (Å²) >= 11 is 1.19. The van der Waals surface area contributed by atoms with Gasteiger partial charge in [0.2, 0.25) is 0 Å². The van der Waals surface area contributed by atoms with E-state index in [9.17, 15) is 4.79 Å². The largest absolute Gasteiger partial charge is 0.293 e. The average molecular weight is 304 g/mol. The van der Waals surface area contributed by atoms with Gasteiger partial charge in [-0.3, -0.25) is 9.48 Å². The van der Waals surface area contributed by atoms with Crippen LogP contribution in [0.5, 0.6) is 0 Å². The first-order valence-corrected chi connectivity index (χ1v) is 8.43. The van der Waals surface area contributed by atoms with Crippen LogP contribution in [0, 0.1) is 0 Å². The van der Waals surface area contributed by atoms with Gasteiger partial charge in [-0.15, -0.1) is 5.10 Å². The van der Waals surface area contributed by atoms with Crippen molar-refractivity contribution >= 4 is 17.3 Å². The predicted octanol–water partition coefficient (Wildman–Crippen LogP) is 3.23. The highest BCUT2D eigenvalue weighted by molar-refractivity contribution is 7.08. The van der Waals surface area contributed by atoms with Gasteiger partial charge in [-0.05, 0) is 36.9 Å². The molecule has 0 radical (unpaired) electrons. The Labute approximate surface area is 128 Å². The van der Waals surface area contributed by atoms with Crippen molar-refractivity contribution < 1.29 is 4.79 Å². The Morgan fingerprint density at radius 1 is 1.38 bits per heavy atom. The number of rotatable bonds is 5. The van der Waals surface area contributed by atoms with E-state index in [0.717, 1.165) is 17.8 Å². The molecule has 1 fully saturated rings. The topological polar surface area (TPSA) is 60.7 Å². The minimum Gasteiger partial charge on any atom is -0.293 e. The maximum absolute atomic E-state index is 12.3.